The maximum absolute atomic E-state index is 12.3. The Labute approximate surface area is 152 Å². The van der Waals surface area contributed by atoms with Crippen LogP contribution in [0, 0.1) is 6.92 Å². The van der Waals surface area contributed by atoms with Gasteiger partial charge in [-0.1, -0.05) is 50.9 Å². The molecule has 0 unspecified atom stereocenters. The first-order valence-electron chi connectivity index (χ1n) is 7.15. The number of hydrogen-bond donors (Lipinski definition) is 0. The molecule has 0 aliphatic carbocycles. The summed E-state index contributed by atoms with van der Waals surface area (Å²) in [6, 6.07) is 14.8. The van der Waals surface area contributed by atoms with Crippen molar-refractivity contribution in [2.24, 2.45) is 0 Å². The number of rotatable bonds is 4. The Morgan fingerprint density at radius 3 is 2.62 bits per heavy atom. The number of nitrogens with zero attached hydrogens (tertiary/aromatic N) is 3. The zero-order valence-corrected chi connectivity index (χ0v) is 15.1. The normalized spacial score (nSPS) is 10.6. The van der Waals surface area contributed by atoms with Gasteiger partial charge in [0.1, 0.15) is 6.61 Å². The lowest BCUT2D eigenvalue weighted by Crippen LogP contribution is -2.08. The molecule has 1 aromatic heterocycles. The van der Waals surface area contributed by atoms with Crippen LogP contribution in [0.25, 0.3) is 5.69 Å². The predicted molar refractivity (Wildman–Crippen MR) is 94.4 cm³/mol. The van der Waals surface area contributed by atoms with E-state index in [-0.39, 0.29) is 12.3 Å². The van der Waals surface area contributed by atoms with E-state index in [0.717, 1.165) is 15.7 Å². The van der Waals surface area contributed by atoms with Gasteiger partial charge in [0.2, 0.25) is 0 Å². The number of carbonyl (C=O) groups excluding carboxylic acids is 1. The van der Waals surface area contributed by atoms with Crippen molar-refractivity contribution in [3.05, 3.63) is 75.0 Å². The average Bonchev–Trinajstić information content (AvgIpc) is 2.96. The second-order valence-corrected chi connectivity index (χ2v) is 6.40. The molecule has 0 N–H and O–H groups in total. The van der Waals surface area contributed by atoms with Crippen molar-refractivity contribution in [3.63, 3.8) is 0 Å². The standard InChI is InChI=1S/C17H13BrClN3O2/c1-11-16(17(23)24-10-12-4-2-3-5-15(12)19)20-21-22(11)14-8-6-13(18)7-9-14/h2-9H,10H2,1H3. The van der Waals surface area contributed by atoms with Crippen LogP contribution in [-0.4, -0.2) is 21.0 Å². The SMILES string of the molecule is Cc1c(C(=O)OCc2ccccc2Cl)nnn1-c1ccc(Br)cc1. The fraction of sp³-hybridized carbons (Fsp3) is 0.118. The summed E-state index contributed by atoms with van der Waals surface area (Å²) in [5.74, 6) is -0.532. The van der Waals surface area contributed by atoms with Crippen LogP contribution in [0.4, 0.5) is 0 Å². The third-order valence-electron chi connectivity index (χ3n) is 3.48. The molecule has 3 rings (SSSR count). The van der Waals surface area contributed by atoms with Gasteiger partial charge in [-0.2, -0.15) is 0 Å². The molecule has 0 aliphatic heterocycles. The van der Waals surface area contributed by atoms with Crippen LogP contribution in [0.15, 0.2) is 53.0 Å². The summed E-state index contributed by atoms with van der Waals surface area (Å²) in [6.45, 7) is 1.86. The lowest BCUT2D eigenvalue weighted by atomic mass is 10.2. The molecule has 122 valence electrons. The third-order valence-corrected chi connectivity index (χ3v) is 4.37. The third kappa shape index (κ3) is 3.49. The summed E-state index contributed by atoms with van der Waals surface area (Å²) >= 11 is 9.44. The highest BCUT2D eigenvalue weighted by Crippen LogP contribution is 2.18. The lowest BCUT2D eigenvalue weighted by molar-refractivity contribution is 0.0465. The van der Waals surface area contributed by atoms with Crippen LogP contribution >= 0.6 is 27.5 Å². The number of hydrogen-bond acceptors (Lipinski definition) is 4. The minimum absolute atomic E-state index is 0.0864. The van der Waals surface area contributed by atoms with Gasteiger partial charge in [0.05, 0.1) is 11.4 Å². The highest BCUT2D eigenvalue weighted by molar-refractivity contribution is 9.10. The van der Waals surface area contributed by atoms with Crippen LogP contribution < -0.4 is 0 Å². The number of halogens is 2. The molecule has 0 saturated carbocycles. The Morgan fingerprint density at radius 2 is 1.92 bits per heavy atom. The molecule has 0 aliphatic rings. The van der Waals surface area contributed by atoms with E-state index in [1.54, 1.807) is 23.7 Å². The van der Waals surface area contributed by atoms with Crippen molar-refractivity contribution in [2.45, 2.75) is 13.5 Å². The zero-order chi connectivity index (χ0) is 17.1. The number of ether oxygens (including phenoxy) is 1. The summed E-state index contributed by atoms with van der Waals surface area (Å²) in [4.78, 5) is 12.3. The Balaban J connectivity index is 1.76. The molecule has 0 saturated heterocycles. The van der Waals surface area contributed by atoms with Crippen molar-refractivity contribution in [1.29, 1.82) is 0 Å². The average molecular weight is 407 g/mol. The molecule has 0 spiro atoms. The number of carbonyl (C=O) groups is 1. The second kappa shape index (κ2) is 7.15. The summed E-state index contributed by atoms with van der Waals surface area (Å²) in [5, 5.41) is 8.53. The summed E-state index contributed by atoms with van der Waals surface area (Å²) in [6.07, 6.45) is 0. The summed E-state index contributed by atoms with van der Waals surface area (Å²) < 4.78 is 7.85. The fourth-order valence-corrected chi connectivity index (χ4v) is 2.63. The van der Waals surface area contributed by atoms with Crippen molar-refractivity contribution in [3.8, 4) is 5.69 Å². The van der Waals surface area contributed by atoms with Crippen molar-refractivity contribution in [1.82, 2.24) is 15.0 Å². The van der Waals surface area contributed by atoms with Crippen molar-refractivity contribution >= 4 is 33.5 Å². The number of aromatic nitrogens is 3. The van der Waals surface area contributed by atoms with Gasteiger partial charge in [0.15, 0.2) is 5.69 Å². The molecule has 0 fully saturated rings. The Kier molecular flexibility index (Phi) is 4.97. The van der Waals surface area contributed by atoms with Crippen LogP contribution in [0.1, 0.15) is 21.7 Å². The molecule has 24 heavy (non-hydrogen) atoms. The van der Waals surface area contributed by atoms with Gasteiger partial charge in [-0.25, -0.2) is 9.48 Å². The molecule has 2 aromatic carbocycles. The van der Waals surface area contributed by atoms with E-state index >= 15 is 0 Å². The van der Waals surface area contributed by atoms with Crippen molar-refractivity contribution in [2.75, 3.05) is 0 Å². The van der Waals surface area contributed by atoms with Crippen molar-refractivity contribution < 1.29 is 9.53 Å². The van der Waals surface area contributed by atoms with Gasteiger partial charge in [-0.05, 0) is 37.3 Å². The smallest absolute Gasteiger partial charge is 0.361 e. The Morgan fingerprint density at radius 1 is 1.21 bits per heavy atom. The molecular formula is C17H13BrClN3O2. The molecule has 5 nitrogen and oxygen atoms in total. The zero-order valence-electron chi connectivity index (χ0n) is 12.7. The largest absolute Gasteiger partial charge is 0.456 e. The number of benzene rings is 2. The molecule has 0 amide bonds. The highest BCUT2D eigenvalue weighted by atomic mass is 79.9. The quantitative estimate of drug-likeness (QED) is 0.605. The van der Waals surface area contributed by atoms with E-state index in [0.29, 0.717) is 10.7 Å². The molecule has 7 heteroatoms. The van der Waals surface area contributed by atoms with Gasteiger partial charge in [-0.3, -0.25) is 0 Å². The minimum atomic E-state index is -0.532. The molecular weight excluding hydrogens is 394 g/mol. The first-order chi connectivity index (χ1) is 11.6. The van der Waals surface area contributed by atoms with Gasteiger partial charge in [0.25, 0.3) is 0 Å². The minimum Gasteiger partial charge on any atom is -0.456 e. The van der Waals surface area contributed by atoms with Gasteiger partial charge >= 0.3 is 5.97 Å². The topological polar surface area (TPSA) is 57.0 Å². The van der Waals surface area contributed by atoms with E-state index < -0.39 is 5.97 Å². The van der Waals surface area contributed by atoms with Crippen LogP contribution in [0.2, 0.25) is 5.02 Å². The van der Waals surface area contributed by atoms with Crippen LogP contribution in [-0.2, 0) is 11.3 Å². The summed E-state index contributed by atoms with van der Waals surface area (Å²) in [5.41, 5.74) is 2.35. The predicted octanol–water partition coefficient (Wildman–Crippen LogP) is 4.35. The van der Waals surface area contributed by atoms with Crippen LogP contribution in [0.3, 0.4) is 0 Å². The van der Waals surface area contributed by atoms with E-state index in [1.807, 2.05) is 36.4 Å². The first kappa shape index (κ1) is 16.7. The molecule has 0 radical (unpaired) electrons. The van der Waals surface area contributed by atoms with E-state index in [9.17, 15) is 4.79 Å². The van der Waals surface area contributed by atoms with Crippen LogP contribution in [0.5, 0.6) is 0 Å². The van der Waals surface area contributed by atoms with Gasteiger partial charge in [-0.15, -0.1) is 5.10 Å². The first-order valence-corrected chi connectivity index (χ1v) is 8.32. The highest BCUT2D eigenvalue weighted by Gasteiger charge is 2.19. The van der Waals surface area contributed by atoms with Gasteiger partial charge in [0, 0.05) is 15.1 Å². The fourth-order valence-electron chi connectivity index (χ4n) is 2.17. The number of esters is 1. The molecule has 0 bridgehead atoms. The molecule has 1 heterocycles. The maximum atomic E-state index is 12.3. The van der Waals surface area contributed by atoms with E-state index in [1.165, 1.54) is 0 Å². The second-order valence-electron chi connectivity index (χ2n) is 5.08. The maximum Gasteiger partial charge on any atom is 0.361 e. The molecule has 3 aromatic rings. The molecule has 0 atom stereocenters. The monoisotopic (exact) mass is 405 g/mol. The van der Waals surface area contributed by atoms with E-state index in [2.05, 4.69) is 26.2 Å². The lowest BCUT2D eigenvalue weighted by Gasteiger charge is -2.06. The Bertz CT molecular complexity index is 878. The van der Waals surface area contributed by atoms with E-state index in [4.69, 9.17) is 16.3 Å². The summed E-state index contributed by atoms with van der Waals surface area (Å²) in [7, 11) is 0. The van der Waals surface area contributed by atoms with Gasteiger partial charge < -0.3 is 4.74 Å². The Hall–Kier alpha value is -2.18.